The minimum atomic E-state index is -0.437. The molecule has 1 aromatic heterocycles. The standard InChI is InChI=1S/C16H17ClFN3O2/c17-14-8-12(18)3-4-15(14)23-10-16(22)20-6-1-2-13(9-20)21-7-5-19-11-21/h3-5,7-8,11,13H,1-2,6,9-10H2. The fraction of sp³-hybridized carbons (Fsp3) is 0.375. The molecule has 0 bridgehead atoms. The number of hydrogen-bond donors (Lipinski definition) is 0. The summed E-state index contributed by atoms with van der Waals surface area (Å²) in [6.07, 6.45) is 7.37. The van der Waals surface area contributed by atoms with E-state index in [0.717, 1.165) is 18.9 Å². The number of ether oxygens (including phenoxy) is 1. The van der Waals surface area contributed by atoms with Crippen molar-refractivity contribution in [3.05, 3.63) is 47.8 Å². The van der Waals surface area contributed by atoms with Gasteiger partial charge < -0.3 is 14.2 Å². The Hall–Kier alpha value is -2.08. The molecule has 3 rings (SSSR count). The Morgan fingerprint density at radius 1 is 1.48 bits per heavy atom. The number of carbonyl (C=O) groups excluding carboxylic acids is 1. The zero-order valence-corrected chi connectivity index (χ0v) is 13.2. The van der Waals surface area contributed by atoms with E-state index in [1.54, 1.807) is 17.4 Å². The maximum atomic E-state index is 13.0. The van der Waals surface area contributed by atoms with Gasteiger partial charge in [0.2, 0.25) is 0 Å². The van der Waals surface area contributed by atoms with E-state index >= 15 is 0 Å². The quantitative estimate of drug-likeness (QED) is 0.862. The van der Waals surface area contributed by atoms with Gasteiger partial charge in [-0.2, -0.15) is 0 Å². The van der Waals surface area contributed by atoms with E-state index in [1.807, 2.05) is 10.8 Å². The Labute approximate surface area is 138 Å². The van der Waals surface area contributed by atoms with Gasteiger partial charge in [0.15, 0.2) is 6.61 Å². The fourth-order valence-corrected chi connectivity index (χ4v) is 2.95. The van der Waals surface area contributed by atoms with Crippen LogP contribution in [0.3, 0.4) is 0 Å². The molecule has 0 spiro atoms. The van der Waals surface area contributed by atoms with Gasteiger partial charge in [-0.15, -0.1) is 0 Å². The molecule has 2 aromatic rings. The Morgan fingerprint density at radius 2 is 2.35 bits per heavy atom. The summed E-state index contributed by atoms with van der Waals surface area (Å²) in [5.74, 6) is -0.229. The lowest BCUT2D eigenvalue weighted by Gasteiger charge is -2.33. The normalized spacial score (nSPS) is 18.0. The topological polar surface area (TPSA) is 47.4 Å². The third-order valence-corrected chi connectivity index (χ3v) is 4.24. The molecule has 1 saturated heterocycles. The number of rotatable bonds is 4. The first kappa shape index (κ1) is 15.8. The number of halogens is 2. The second-order valence-corrected chi connectivity index (χ2v) is 5.92. The molecule has 1 unspecified atom stereocenters. The number of amides is 1. The Kier molecular flexibility index (Phi) is 4.81. The van der Waals surface area contributed by atoms with Gasteiger partial charge in [0.05, 0.1) is 17.4 Å². The molecule has 1 aliphatic rings. The molecule has 23 heavy (non-hydrogen) atoms. The maximum absolute atomic E-state index is 13.0. The van der Waals surface area contributed by atoms with Crippen LogP contribution >= 0.6 is 11.6 Å². The van der Waals surface area contributed by atoms with E-state index in [9.17, 15) is 9.18 Å². The maximum Gasteiger partial charge on any atom is 0.260 e. The van der Waals surface area contributed by atoms with Crippen molar-refractivity contribution in [3.8, 4) is 5.75 Å². The highest BCUT2D eigenvalue weighted by Crippen LogP contribution is 2.25. The highest BCUT2D eigenvalue weighted by Gasteiger charge is 2.24. The number of carbonyl (C=O) groups is 1. The first-order chi connectivity index (χ1) is 11.1. The summed E-state index contributed by atoms with van der Waals surface area (Å²) in [5.41, 5.74) is 0. The van der Waals surface area contributed by atoms with Crippen LogP contribution in [0.4, 0.5) is 4.39 Å². The van der Waals surface area contributed by atoms with Crippen LogP contribution < -0.4 is 4.74 Å². The van der Waals surface area contributed by atoms with Crippen LogP contribution in [0.2, 0.25) is 5.02 Å². The third-order valence-electron chi connectivity index (χ3n) is 3.94. The fourth-order valence-electron chi connectivity index (χ4n) is 2.73. The van der Waals surface area contributed by atoms with Gasteiger partial charge in [0.25, 0.3) is 5.91 Å². The zero-order valence-electron chi connectivity index (χ0n) is 12.5. The number of imidazole rings is 1. The van der Waals surface area contributed by atoms with Crippen LogP contribution in [0, 0.1) is 5.82 Å². The molecule has 7 heteroatoms. The summed E-state index contributed by atoms with van der Waals surface area (Å²) in [5, 5.41) is 0.160. The Balaban J connectivity index is 1.57. The van der Waals surface area contributed by atoms with Crippen LogP contribution in [0.25, 0.3) is 0 Å². The summed E-state index contributed by atoms with van der Waals surface area (Å²) in [6, 6.07) is 4.08. The lowest BCUT2D eigenvalue weighted by Crippen LogP contribution is -2.42. The predicted molar refractivity (Wildman–Crippen MR) is 84.0 cm³/mol. The van der Waals surface area contributed by atoms with Crippen molar-refractivity contribution in [1.29, 1.82) is 0 Å². The van der Waals surface area contributed by atoms with E-state index in [2.05, 4.69) is 4.98 Å². The number of likely N-dealkylation sites (tertiary alicyclic amines) is 1. The van der Waals surface area contributed by atoms with Gasteiger partial charge in [-0.05, 0) is 31.0 Å². The molecule has 1 fully saturated rings. The highest BCUT2D eigenvalue weighted by molar-refractivity contribution is 6.32. The molecule has 1 aliphatic heterocycles. The second-order valence-electron chi connectivity index (χ2n) is 5.51. The van der Waals surface area contributed by atoms with E-state index in [4.69, 9.17) is 16.3 Å². The minimum Gasteiger partial charge on any atom is -0.482 e. The van der Waals surface area contributed by atoms with Crippen molar-refractivity contribution < 1.29 is 13.9 Å². The monoisotopic (exact) mass is 337 g/mol. The van der Waals surface area contributed by atoms with E-state index in [0.29, 0.717) is 18.8 Å². The van der Waals surface area contributed by atoms with Gasteiger partial charge >= 0.3 is 0 Å². The second kappa shape index (κ2) is 7.00. The van der Waals surface area contributed by atoms with Crippen LogP contribution in [-0.2, 0) is 4.79 Å². The molecule has 0 aliphatic carbocycles. The summed E-state index contributed by atoms with van der Waals surface area (Å²) >= 11 is 5.89. The summed E-state index contributed by atoms with van der Waals surface area (Å²) in [6.45, 7) is 1.24. The van der Waals surface area contributed by atoms with Gasteiger partial charge in [-0.3, -0.25) is 4.79 Å². The number of nitrogens with zero attached hydrogens (tertiary/aromatic N) is 3. The lowest BCUT2D eigenvalue weighted by molar-refractivity contribution is -0.135. The average molecular weight is 338 g/mol. The summed E-state index contributed by atoms with van der Waals surface area (Å²) < 4.78 is 20.4. The molecular weight excluding hydrogens is 321 g/mol. The summed E-state index contributed by atoms with van der Waals surface area (Å²) in [4.78, 5) is 18.2. The first-order valence-corrected chi connectivity index (χ1v) is 7.84. The van der Waals surface area contributed by atoms with Crippen molar-refractivity contribution >= 4 is 17.5 Å². The van der Waals surface area contributed by atoms with Crippen LogP contribution in [0.1, 0.15) is 18.9 Å². The molecule has 0 N–H and O–H groups in total. The number of benzene rings is 1. The summed E-state index contributed by atoms with van der Waals surface area (Å²) in [7, 11) is 0. The van der Waals surface area contributed by atoms with Gasteiger partial charge in [-0.1, -0.05) is 11.6 Å². The van der Waals surface area contributed by atoms with E-state index < -0.39 is 5.82 Å². The molecule has 1 amide bonds. The first-order valence-electron chi connectivity index (χ1n) is 7.46. The third kappa shape index (κ3) is 3.82. The van der Waals surface area contributed by atoms with E-state index in [1.165, 1.54) is 12.1 Å². The van der Waals surface area contributed by atoms with Crippen molar-refractivity contribution in [2.45, 2.75) is 18.9 Å². The molecule has 1 atom stereocenters. The van der Waals surface area contributed by atoms with Crippen molar-refractivity contribution in [2.75, 3.05) is 19.7 Å². The molecule has 0 radical (unpaired) electrons. The van der Waals surface area contributed by atoms with Gasteiger partial charge in [-0.25, -0.2) is 9.37 Å². The number of hydrogen-bond acceptors (Lipinski definition) is 3. The molecule has 5 nitrogen and oxygen atoms in total. The van der Waals surface area contributed by atoms with Crippen LogP contribution in [-0.4, -0.2) is 40.1 Å². The van der Waals surface area contributed by atoms with Gasteiger partial charge in [0.1, 0.15) is 11.6 Å². The van der Waals surface area contributed by atoms with Crippen LogP contribution in [0.15, 0.2) is 36.9 Å². The molecule has 2 heterocycles. The number of piperidine rings is 1. The van der Waals surface area contributed by atoms with Gasteiger partial charge in [0, 0.05) is 25.5 Å². The SMILES string of the molecule is O=C(COc1ccc(F)cc1Cl)N1CCCC(n2ccnc2)C1. The highest BCUT2D eigenvalue weighted by atomic mass is 35.5. The van der Waals surface area contributed by atoms with Crippen molar-refractivity contribution in [3.63, 3.8) is 0 Å². The molecule has 1 aromatic carbocycles. The van der Waals surface area contributed by atoms with Crippen molar-refractivity contribution in [1.82, 2.24) is 14.5 Å². The Bertz CT molecular complexity index is 678. The number of aromatic nitrogens is 2. The minimum absolute atomic E-state index is 0.102. The molecular formula is C16H17ClFN3O2. The largest absolute Gasteiger partial charge is 0.482 e. The lowest BCUT2D eigenvalue weighted by atomic mass is 10.1. The van der Waals surface area contributed by atoms with Crippen LogP contribution in [0.5, 0.6) is 5.75 Å². The average Bonchev–Trinajstić information content (AvgIpc) is 3.08. The Morgan fingerprint density at radius 3 is 3.09 bits per heavy atom. The predicted octanol–water partition coefficient (Wildman–Crippen LogP) is 2.92. The van der Waals surface area contributed by atoms with Crippen molar-refractivity contribution in [2.24, 2.45) is 0 Å². The molecule has 0 saturated carbocycles. The van der Waals surface area contributed by atoms with E-state index in [-0.39, 0.29) is 23.6 Å². The smallest absolute Gasteiger partial charge is 0.260 e. The molecule has 122 valence electrons. The zero-order chi connectivity index (χ0) is 16.2.